The van der Waals surface area contributed by atoms with Gasteiger partial charge in [-0.05, 0) is 187 Å². The van der Waals surface area contributed by atoms with Gasteiger partial charge in [0.15, 0.2) is 17.5 Å². The molecule has 13 rings (SSSR count). The lowest BCUT2D eigenvalue weighted by Crippen LogP contribution is -2.10. The first-order valence-electron chi connectivity index (χ1n) is 30.8. The van der Waals surface area contributed by atoms with Gasteiger partial charge in [0.1, 0.15) is 0 Å². The molecule has 0 fully saturated rings. The van der Waals surface area contributed by atoms with E-state index in [1.54, 1.807) is 0 Å². The Morgan fingerprint density at radius 2 is 0.567 bits per heavy atom. The van der Waals surface area contributed by atoms with Gasteiger partial charge < -0.3 is 9.13 Å². The molecule has 0 aliphatic rings. The van der Waals surface area contributed by atoms with Gasteiger partial charge in [0.2, 0.25) is 0 Å². The van der Waals surface area contributed by atoms with Crippen LogP contribution in [0, 0.1) is 34.0 Å². The van der Waals surface area contributed by atoms with Crippen LogP contribution in [0.2, 0.25) is 0 Å². The molecule has 0 N–H and O–H groups in total. The molecule has 3 heterocycles. The van der Waals surface area contributed by atoms with Crippen molar-refractivity contribution in [3.63, 3.8) is 0 Å². The summed E-state index contributed by atoms with van der Waals surface area (Å²) in [6, 6.07) is 78.8. The van der Waals surface area contributed by atoms with Crippen molar-refractivity contribution in [3.8, 4) is 97.1 Å². The van der Waals surface area contributed by atoms with Crippen LogP contribution in [0.25, 0.3) is 123 Å². The molecular weight excluding hydrogens is 1100 g/mol. The summed E-state index contributed by atoms with van der Waals surface area (Å²) >= 11 is 0. The Bertz CT molecular complexity index is 4780. The maximum atomic E-state index is 10.4. The van der Waals surface area contributed by atoms with E-state index in [1.807, 2.05) is 84.9 Å². The summed E-state index contributed by atoms with van der Waals surface area (Å²) in [4.78, 5) is 16.2. The molecule has 90 heavy (non-hydrogen) atoms. The number of fused-ring (bicyclic) bond motifs is 6. The van der Waals surface area contributed by atoms with Gasteiger partial charge in [-0.15, -0.1) is 0 Å². The highest BCUT2D eigenvalue weighted by Gasteiger charge is 2.26. The Labute approximate surface area is 527 Å². The van der Waals surface area contributed by atoms with Crippen LogP contribution >= 0.6 is 0 Å². The normalized spacial score (nSPS) is 12.2. The maximum Gasteiger partial charge on any atom is 0.164 e. The molecule has 0 radical (unpaired) electrons. The highest BCUT2D eigenvalue weighted by atomic mass is 15.0. The van der Waals surface area contributed by atoms with E-state index in [1.165, 1.54) is 43.8 Å². The molecule has 0 saturated carbocycles. The second-order valence-electron chi connectivity index (χ2n) is 28.0. The molecule has 0 aliphatic carbocycles. The van der Waals surface area contributed by atoms with E-state index in [4.69, 9.17) is 15.0 Å². The van der Waals surface area contributed by atoms with Crippen LogP contribution in [-0.4, -0.2) is 24.1 Å². The van der Waals surface area contributed by atoms with Gasteiger partial charge in [0.05, 0.1) is 68.3 Å². The van der Waals surface area contributed by atoms with Crippen molar-refractivity contribution in [2.24, 2.45) is 0 Å². The average molecular weight is 1170 g/mol. The van der Waals surface area contributed by atoms with Gasteiger partial charge in [0, 0.05) is 49.4 Å². The molecule has 0 unspecified atom stereocenters. The zero-order valence-corrected chi connectivity index (χ0v) is 53.2. The van der Waals surface area contributed by atoms with E-state index in [9.17, 15) is 15.8 Å². The van der Waals surface area contributed by atoms with Gasteiger partial charge in [-0.2, -0.15) is 15.8 Å². The molecule has 0 atom stereocenters. The van der Waals surface area contributed by atoms with Crippen LogP contribution in [-0.2, 0) is 21.7 Å². The predicted molar refractivity (Wildman–Crippen MR) is 370 cm³/mol. The first kappa shape index (κ1) is 58.3. The smallest absolute Gasteiger partial charge is 0.164 e. The van der Waals surface area contributed by atoms with Gasteiger partial charge in [-0.1, -0.05) is 168 Å². The first-order chi connectivity index (χ1) is 42.9. The average Bonchev–Trinajstić information content (AvgIpc) is 1.58. The summed E-state index contributed by atoms with van der Waals surface area (Å²) in [5.74, 6) is 1.39. The van der Waals surface area contributed by atoms with E-state index in [0.717, 1.165) is 83.5 Å². The molecule has 0 spiro atoms. The Balaban J connectivity index is 1.06. The Kier molecular flexibility index (Phi) is 14.2. The summed E-state index contributed by atoms with van der Waals surface area (Å²) < 4.78 is 4.74. The van der Waals surface area contributed by atoms with Gasteiger partial charge in [0.25, 0.3) is 0 Å². The van der Waals surface area contributed by atoms with Crippen molar-refractivity contribution in [3.05, 3.63) is 245 Å². The van der Waals surface area contributed by atoms with Crippen molar-refractivity contribution in [2.75, 3.05) is 0 Å². The van der Waals surface area contributed by atoms with Crippen LogP contribution in [0.5, 0.6) is 0 Å². The van der Waals surface area contributed by atoms with Crippen LogP contribution in [0.1, 0.15) is 122 Å². The largest absolute Gasteiger partial charge is 0.309 e. The molecule has 438 valence electrons. The molecule has 8 nitrogen and oxygen atoms in total. The lowest BCUT2D eigenvalue weighted by Gasteiger charge is -2.20. The third-order valence-corrected chi connectivity index (χ3v) is 17.7. The van der Waals surface area contributed by atoms with Crippen LogP contribution in [0.4, 0.5) is 0 Å². The number of benzene rings is 10. The molecule has 3 aromatic heterocycles. The summed E-state index contributed by atoms with van der Waals surface area (Å²) in [5.41, 5.74) is 20.3. The Morgan fingerprint density at radius 3 is 0.889 bits per heavy atom. The van der Waals surface area contributed by atoms with Crippen molar-refractivity contribution in [1.29, 1.82) is 15.8 Å². The third-order valence-electron chi connectivity index (χ3n) is 17.7. The van der Waals surface area contributed by atoms with Crippen molar-refractivity contribution in [1.82, 2.24) is 24.1 Å². The minimum atomic E-state index is -0.0744. The number of aromatic nitrogens is 5. The monoisotopic (exact) mass is 1170 g/mol. The minimum absolute atomic E-state index is 0.0744. The predicted octanol–water partition coefficient (Wildman–Crippen LogP) is 20.9. The highest BCUT2D eigenvalue weighted by Crippen LogP contribution is 2.44. The standard InChI is InChI=1S/C82H70N8/c1-79(2,3)60-28-34-72-66(43-60)67-44-61(80(4,5)6)29-35-73(67)89(72)70-32-26-58(41-64(70)56-20-14-17-51(39-56)48-84)77-86-76(54-24-22-53(23-25-54)55-19-13-16-50(38-55)47-83)87-78(88-77)59-27-33-71(65(42-59)57-21-15-18-52(40-57)49-85)90-74-36-30-62(81(7,8)9)45-68(74)69-46-63(82(10,11)12)31-37-75(69)90/h13-46H,1-12H3. The zero-order chi connectivity index (χ0) is 63.2. The van der Waals surface area contributed by atoms with E-state index in [2.05, 4.69) is 232 Å². The van der Waals surface area contributed by atoms with E-state index in [0.29, 0.717) is 34.2 Å². The minimum Gasteiger partial charge on any atom is -0.309 e. The number of rotatable bonds is 8. The number of hydrogen-bond donors (Lipinski definition) is 0. The SMILES string of the molecule is CC(C)(C)c1ccc2c(c1)c1cc(C(C)(C)C)ccc1n2-c1ccc(-c2nc(-c3ccc(-c4cccc(C#N)c4)cc3)nc(-c3ccc(-n4c5ccc(C(C)(C)C)cc5c5cc(C(C)(C)C)ccc54)c(-c4cccc(C#N)c4)c3)n2)cc1-c1cccc(C#N)c1. The van der Waals surface area contributed by atoms with Gasteiger partial charge in [-0.25, -0.2) is 15.0 Å². The number of hydrogen-bond acceptors (Lipinski definition) is 6. The van der Waals surface area contributed by atoms with Crippen molar-refractivity contribution in [2.45, 2.75) is 105 Å². The summed E-state index contributed by atoms with van der Waals surface area (Å²) in [7, 11) is 0. The van der Waals surface area contributed by atoms with E-state index < -0.39 is 0 Å². The number of nitriles is 3. The molecule has 10 aromatic carbocycles. The lowest BCUT2D eigenvalue weighted by molar-refractivity contribution is 0.590. The quantitative estimate of drug-likeness (QED) is 0.149. The fourth-order valence-electron chi connectivity index (χ4n) is 12.5. The maximum absolute atomic E-state index is 10.4. The van der Waals surface area contributed by atoms with Gasteiger partial charge >= 0.3 is 0 Å². The summed E-state index contributed by atoms with van der Waals surface area (Å²) in [6.07, 6.45) is 0. The number of nitrogens with zero attached hydrogens (tertiary/aromatic N) is 8. The fraction of sp³-hybridized carbons (Fsp3) is 0.195. The summed E-state index contributed by atoms with van der Waals surface area (Å²) in [5, 5.41) is 35.3. The summed E-state index contributed by atoms with van der Waals surface area (Å²) in [6.45, 7) is 27.1. The zero-order valence-electron chi connectivity index (χ0n) is 53.2. The molecular formula is C82H70N8. The Morgan fingerprint density at radius 1 is 0.278 bits per heavy atom. The molecule has 0 bridgehead atoms. The van der Waals surface area contributed by atoms with Crippen LogP contribution < -0.4 is 0 Å². The van der Waals surface area contributed by atoms with Crippen molar-refractivity contribution < 1.29 is 0 Å². The molecule has 8 heteroatoms. The van der Waals surface area contributed by atoms with E-state index >= 15 is 0 Å². The first-order valence-corrected chi connectivity index (χ1v) is 30.8. The molecule has 13 aromatic rings. The topological polar surface area (TPSA) is 120 Å². The molecule has 0 amide bonds. The van der Waals surface area contributed by atoms with Gasteiger partial charge in [-0.3, -0.25) is 0 Å². The lowest BCUT2D eigenvalue weighted by atomic mass is 9.85. The second-order valence-corrected chi connectivity index (χ2v) is 28.0. The second kappa shape index (κ2) is 21.8. The third kappa shape index (κ3) is 10.7. The highest BCUT2D eigenvalue weighted by molar-refractivity contribution is 6.12. The fourth-order valence-corrected chi connectivity index (χ4v) is 12.5. The van der Waals surface area contributed by atoms with E-state index in [-0.39, 0.29) is 21.7 Å². The molecule has 0 saturated heterocycles. The molecule has 0 aliphatic heterocycles. The Hall–Kier alpha value is -10.7. The van der Waals surface area contributed by atoms with Crippen molar-refractivity contribution >= 4 is 43.6 Å². The van der Waals surface area contributed by atoms with Crippen LogP contribution in [0.3, 0.4) is 0 Å². The van der Waals surface area contributed by atoms with Crippen LogP contribution in [0.15, 0.2) is 206 Å².